The molecular weight excluding hydrogens is 664 g/mol. The molecule has 3 fully saturated rings. The highest BCUT2D eigenvalue weighted by Gasteiger charge is 2.30. The minimum absolute atomic E-state index is 0.422. The third-order valence-electron chi connectivity index (χ3n) is 8.64. The van der Waals surface area contributed by atoms with Gasteiger partial charge in [-0.15, -0.1) is 12.8 Å². The number of rotatable bonds is 4. The lowest BCUT2D eigenvalue weighted by atomic mass is 9.79. The van der Waals surface area contributed by atoms with Crippen LogP contribution in [0.3, 0.4) is 0 Å². The van der Waals surface area contributed by atoms with Crippen LogP contribution in [-0.4, -0.2) is 61.6 Å². The molecule has 3 N–H and O–H groups in total. The normalized spacial score (nSPS) is 19.9. The predicted octanol–water partition coefficient (Wildman–Crippen LogP) is 7.43. The first-order valence-electron chi connectivity index (χ1n) is 15.1. The van der Waals surface area contributed by atoms with Crippen molar-refractivity contribution in [2.75, 3.05) is 44.6 Å². The number of hydrogen-bond acceptors (Lipinski definition) is 4. The van der Waals surface area contributed by atoms with E-state index in [0.29, 0.717) is 17.2 Å². The van der Waals surface area contributed by atoms with Gasteiger partial charge in [-0.2, -0.15) is 0 Å². The van der Waals surface area contributed by atoms with Crippen molar-refractivity contribution in [1.82, 2.24) is 15.5 Å². The molecule has 5 nitrogen and oxygen atoms in total. The fraction of sp³-hybridized carbons (Fsp3) is 0.636. The van der Waals surface area contributed by atoms with Gasteiger partial charge >= 0.3 is 0 Å². The lowest BCUT2D eigenvalue weighted by Crippen LogP contribution is -2.43. The van der Waals surface area contributed by atoms with Crippen molar-refractivity contribution in [3.63, 3.8) is 0 Å². The number of aryl methyl sites for hydroxylation is 1. The fourth-order valence-electron chi connectivity index (χ4n) is 6.17. The largest absolute Gasteiger partial charge is 0.343 e. The molecule has 0 radical (unpaired) electrons. The number of alkyl halides is 1. The molecule has 0 unspecified atom stereocenters. The maximum Gasteiger partial charge on any atom is 0.222 e. The van der Waals surface area contributed by atoms with Crippen molar-refractivity contribution in [3.8, 4) is 12.8 Å². The molecule has 0 aromatic heterocycles. The fourth-order valence-corrected chi connectivity index (χ4v) is 6.74. The standard InChI is InChI=1S/C17H31N3O.C12H12BrCl.C2H4BrN.C2H2/c21-17(13-14-1-7-18-8-2-14)20-11-5-16(6-12-20)15-3-9-19-10-4-15;1-8-2-4-9-6-11(13)12(14)7-10(9)5-3-8;3-1-2-4;1-2/h14-16,18-19H,1-13H2;2,6-7H,3-5H2,1H3;2,4H,1H2;1-2H. The molecule has 1 aliphatic carbocycles. The van der Waals surface area contributed by atoms with E-state index in [1.807, 2.05) is 0 Å². The summed E-state index contributed by atoms with van der Waals surface area (Å²) in [6.07, 6.45) is 23.2. The van der Waals surface area contributed by atoms with Crippen LogP contribution < -0.4 is 10.6 Å². The second kappa shape index (κ2) is 20.7. The molecule has 1 amide bonds. The van der Waals surface area contributed by atoms with Gasteiger partial charge in [0, 0.05) is 35.5 Å². The first-order valence-corrected chi connectivity index (χ1v) is 17.4. The van der Waals surface area contributed by atoms with E-state index in [9.17, 15) is 4.79 Å². The second-order valence-corrected chi connectivity index (χ2v) is 13.3. The van der Waals surface area contributed by atoms with E-state index in [0.717, 1.165) is 73.2 Å². The topological polar surface area (TPSA) is 68.2 Å². The Morgan fingerprint density at radius 1 is 1.00 bits per heavy atom. The van der Waals surface area contributed by atoms with E-state index in [4.69, 9.17) is 17.0 Å². The number of fused-ring (bicyclic) bond motifs is 1. The minimum Gasteiger partial charge on any atom is -0.343 e. The van der Waals surface area contributed by atoms with Gasteiger partial charge in [0.25, 0.3) is 0 Å². The SMILES string of the molecule is C#C.CC1=CCc2cc(Br)c(Cl)cc2CC1.N=CCBr.O=C(CC1CCNCC1)N1CCC(C2CCNCC2)CC1. The molecule has 0 saturated carbocycles. The van der Waals surface area contributed by atoms with E-state index < -0.39 is 0 Å². The number of terminal acetylenes is 1. The van der Waals surface area contributed by atoms with Gasteiger partial charge in [-0.3, -0.25) is 4.79 Å². The molecule has 3 aliphatic heterocycles. The van der Waals surface area contributed by atoms with Gasteiger partial charge in [0.15, 0.2) is 0 Å². The van der Waals surface area contributed by atoms with Crippen molar-refractivity contribution >= 4 is 55.6 Å². The van der Waals surface area contributed by atoms with Gasteiger partial charge in [0.1, 0.15) is 0 Å². The zero-order valence-electron chi connectivity index (χ0n) is 24.7. The van der Waals surface area contributed by atoms with Crippen molar-refractivity contribution in [1.29, 1.82) is 5.41 Å². The quantitative estimate of drug-likeness (QED) is 0.132. The Labute approximate surface area is 270 Å². The van der Waals surface area contributed by atoms with Crippen LogP contribution in [0.2, 0.25) is 5.02 Å². The van der Waals surface area contributed by atoms with Gasteiger partial charge in [-0.05, 0) is 148 Å². The summed E-state index contributed by atoms with van der Waals surface area (Å²) in [4.78, 5) is 14.6. The highest BCUT2D eigenvalue weighted by molar-refractivity contribution is 9.10. The molecule has 8 heteroatoms. The van der Waals surface area contributed by atoms with E-state index >= 15 is 0 Å². The van der Waals surface area contributed by atoms with Gasteiger partial charge in [-0.1, -0.05) is 39.2 Å². The van der Waals surface area contributed by atoms with Crippen LogP contribution in [0.15, 0.2) is 28.3 Å². The molecule has 1 aromatic carbocycles. The molecule has 0 bridgehead atoms. The van der Waals surface area contributed by atoms with Crippen LogP contribution in [0.5, 0.6) is 0 Å². The minimum atomic E-state index is 0.422. The molecule has 1 aromatic rings. The first kappa shape index (κ1) is 36.0. The van der Waals surface area contributed by atoms with Gasteiger partial charge < -0.3 is 20.9 Å². The van der Waals surface area contributed by atoms with Crippen LogP contribution in [-0.2, 0) is 17.6 Å². The number of amides is 1. The third kappa shape index (κ3) is 12.9. The number of hydrogen-bond donors (Lipinski definition) is 3. The highest BCUT2D eigenvalue weighted by Crippen LogP contribution is 2.32. The van der Waals surface area contributed by atoms with Gasteiger partial charge in [-0.25, -0.2) is 0 Å². The number of halogens is 3. The summed E-state index contributed by atoms with van der Waals surface area (Å²) < 4.78 is 1.01. The summed E-state index contributed by atoms with van der Waals surface area (Å²) in [5.41, 5.74) is 4.28. The number of likely N-dealkylation sites (tertiary alicyclic amines) is 1. The Morgan fingerprint density at radius 2 is 1.56 bits per heavy atom. The molecule has 5 rings (SSSR count). The molecular formula is C33H49Br2ClN4O. The maximum atomic E-state index is 12.4. The molecule has 0 atom stereocenters. The smallest absolute Gasteiger partial charge is 0.222 e. The Hall–Kier alpha value is -1.17. The molecule has 41 heavy (non-hydrogen) atoms. The lowest BCUT2D eigenvalue weighted by Gasteiger charge is -2.38. The van der Waals surface area contributed by atoms with Crippen LogP contribution in [0.25, 0.3) is 0 Å². The molecule has 0 spiro atoms. The van der Waals surface area contributed by atoms with Gasteiger partial charge in [0.05, 0.1) is 5.02 Å². The monoisotopic (exact) mass is 710 g/mol. The lowest BCUT2D eigenvalue weighted by molar-refractivity contribution is -0.134. The Bertz CT molecular complexity index is 979. The summed E-state index contributed by atoms with van der Waals surface area (Å²) >= 11 is 12.5. The van der Waals surface area contributed by atoms with Crippen molar-refractivity contribution < 1.29 is 4.79 Å². The predicted molar refractivity (Wildman–Crippen MR) is 183 cm³/mol. The summed E-state index contributed by atoms with van der Waals surface area (Å²) in [7, 11) is 0. The molecule has 3 heterocycles. The number of allylic oxidation sites excluding steroid dienone is 2. The number of nitrogens with one attached hydrogen (secondary N) is 3. The van der Waals surface area contributed by atoms with Crippen LogP contribution >= 0.6 is 43.5 Å². The van der Waals surface area contributed by atoms with Crippen molar-refractivity contribution in [3.05, 3.63) is 44.4 Å². The van der Waals surface area contributed by atoms with E-state index in [1.54, 1.807) is 0 Å². The summed E-state index contributed by atoms with van der Waals surface area (Å²) in [6.45, 7) is 8.80. The zero-order chi connectivity index (χ0) is 30.0. The van der Waals surface area contributed by atoms with E-state index in [-0.39, 0.29) is 0 Å². The summed E-state index contributed by atoms with van der Waals surface area (Å²) in [5, 5.41) is 14.6. The number of nitrogens with zero attached hydrogens (tertiary/aromatic N) is 1. The Kier molecular flexibility index (Phi) is 18.2. The number of carbonyl (C=O) groups is 1. The average molecular weight is 713 g/mol. The van der Waals surface area contributed by atoms with Crippen LogP contribution in [0.1, 0.15) is 69.4 Å². The maximum absolute atomic E-state index is 12.4. The van der Waals surface area contributed by atoms with Crippen LogP contribution in [0.4, 0.5) is 0 Å². The molecule has 228 valence electrons. The van der Waals surface area contributed by atoms with E-state index in [1.165, 1.54) is 74.5 Å². The summed E-state index contributed by atoms with van der Waals surface area (Å²) in [6, 6.07) is 4.24. The average Bonchev–Trinajstić information content (AvgIpc) is 3.20. The Morgan fingerprint density at radius 3 is 2.15 bits per heavy atom. The zero-order valence-corrected chi connectivity index (χ0v) is 28.6. The first-order chi connectivity index (χ1) is 19.9. The number of benzene rings is 1. The van der Waals surface area contributed by atoms with Crippen molar-refractivity contribution in [2.45, 2.75) is 71.1 Å². The molecule has 3 saturated heterocycles. The number of carbonyl (C=O) groups excluding carboxylic acids is 1. The second-order valence-electron chi connectivity index (χ2n) is 11.4. The van der Waals surface area contributed by atoms with Crippen molar-refractivity contribution in [2.24, 2.45) is 17.8 Å². The van der Waals surface area contributed by atoms with Gasteiger partial charge in [0.2, 0.25) is 5.91 Å². The highest BCUT2D eigenvalue weighted by atomic mass is 79.9. The van der Waals surface area contributed by atoms with E-state index in [2.05, 4.69) is 85.4 Å². The summed E-state index contributed by atoms with van der Waals surface area (Å²) in [5.74, 6) is 2.83. The Balaban J connectivity index is 0.000000254. The third-order valence-corrected chi connectivity index (χ3v) is 10.2. The molecule has 4 aliphatic rings. The van der Waals surface area contributed by atoms with Crippen LogP contribution in [0, 0.1) is 36.0 Å². The number of piperidine rings is 3.